The van der Waals surface area contributed by atoms with Crippen molar-refractivity contribution in [3.63, 3.8) is 0 Å². The Balaban J connectivity index is 1.97. The van der Waals surface area contributed by atoms with Gasteiger partial charge in [0.05, 0.1) is 6.04 Å². The van der Waals surface area contributed by atoms with Crippen molar-refractivity contribution >= 4 is 21.9 Å². The maximum Gasteiger partial charge on any atom is 0.191 e. The highest BCUT2D eigenvalue weighted by atomic mass is 79.9. The van der Waals surface area contributed by atoms with Crippen LogP contribution in [0.5, 0.6) is 0 Å². The summed E-state index contributed by atoms with van der Waals surface area (Å²) in [6, 6.07) is 8.54. The Morgan fingerprint density at radius 3 is 2.91 bits per heavy atom. The van der Waals surface area contributed by atoms with Gasteiger partial charge in [0.2, 0.25) is 0 Å². The minimum Gasteiger partial charge on any atom is -0.357 e. The van der Waals surface area contributed by atoms with Gasteiger partial charge in [-0.2, -0.15) is 0 Å². The summed E-state index contributed by atoms with van der Waals surface area (Å²) in [4.78, 5) is 7.23. The highest BCUT2D eigenvalue weighted by Gasteiger charge is 2.17. The molecular formula is C18H29BrN4. The van der Waals surface area contributed by atoms with Crippen LogP contribution in [0.4, 0.5) is 0 Å². The van der Waals surface area contributed by atoms with E-state index < -0.39 is 0 Å². The molecule has 0 spiro atoms. The molecule has 2 rings (SSSR count). The van der Waals surface area contributed by atoms with Gasteiger partial charge in [-0.05, 0) is 57.8 Å². The van der Waals surface area contributed by atoms with Crippen molar-refractivity contribution in [2.45, 2.75) is 32.7 Å². The van der Waals surface area contributed by atoms with Crippen LogP contribution in [0.15, 0.2) is 33.7 Å². The summed E-state index contributed by atoms with van der Waals surface area (Å²) in [5.74, 6) is 1.58. The Bertz CT molecular complexity index is 517. The Kier molecular flexibility index (Phi) is 7.37. The Labute approximate surface area is 148 Å². The first-order valence-electron chi connectivity index (χ1n) is 8.58. The molecule has 4 nitrogen and oxygen atoms in total. The van der Waals surface area contributed by atoms with E-state index in [2.05, 4.69) is 70.6 Å². The van der Waals surface area contributed by atoms with Crippen LogP contribution in [-0.2, 0) is 0 Å². The maximum atomic E-state index is 4.82. The Hall–Kier alpha value is -1.07. The molecule has 1 aromatic rings. The monoisotopic (exact) mass is 380 g/mol. The molecule has 2 atom stereocenters. The minimum atomic E-state index is 0.206. The lowest BCUT2D eigenvalue weighted by atomic mass is 9.99. The first-order chi connectivity index (χ1) is 11.1. The molecule has 1 saturated heterocycles. The number of rotatable bonds is 5. The number of hydrogen-bond donors (Lipinski definition) is 2. The van der Waals surface area contributed by atoms with E-state index in [1.54, 1.807) is 0 Å². The molecule has 1 aliphatic rings. The zero-order valence-electron chi connectivity index (χ0n) is 14.5. The van der Waals surface area contributed by atoms with E-state index in [9.17, 15) is 0 Å². The summed E-state index contributed by atoms with van der Waals surface area (Å²) in [6.07, 6.45) is 2.57. The number of hydrogen-bond acceptors (Lipinski definition) is 2. The summed E-state index contributed by atoms with van der Waals surface area (Å²) in [5.41, 5.74) is 1.25. The van der Waals surface area contributed by atoms with Crippen molar-refractivity contribution < 1.29 is 0 Å². The lowest BCUT2D eigenvalue weighted by Crippen LogP contribution is -2.40. The standard InChI is InChI=1S/C18H29BrN4/c1-4-20-18(21-12-15-8-7-11-23(3)13-15)22-14(2)16-9-5-6-10-17(16)19/h5-6,9-10,14-15H,4,7-8,11-13H2,1-3H3,(H2,20,21,22). The molecule has 1 heterocycles. The van der Waals surface area contributed by atoms with E-state index in [0.29, 0.717) is 5.92 Å². The van der Waals surface area contributed by atoms with Crippen LogP contribution in [0.3, 0.4) is 0 Å². The molecule has 2 N–H and O–H groups in total. The number of nitrogens with zero attached hydrogens (tertiary/aromatic N) is 2. The van der Waals surface area contributed by atoms with Crippen molar-refractivity contribution in [1.29, 1.82) is 0 Å². The lowest BCUT2D eigenvalue weighted by Gasteiger charge is -2.29. The largest absolute Gasteiger partial charge is 0.357 e. The third-order valence-electron chi connectivity index (χ3n) is 4.30. The number of nitrogens with one attached hydrogen (secondary N) is 2. The van der Waals surface area contributed by atoms with Gasteiger partial charge in [-0.3, -0.25) is 4.99 Å². The summed E-state index contributed by atoms with van der Waals surface area (Å²) >= 11 is 3.63. The Morgan fingerprint density at radius 1 is 1.43 bits per heavy atom. The second-order valence-electron chi connectivity index (χ2n) is 6.38. The third kappa shape index (κ3) is 5.81. The highest BCUT2D eigenvalue weighted by Crippen LogP contribution is 2.22. The average molecular weight is 381 g/mol. The molecule has 23 heavy (non-hydrogen) atoms. The molecule has 1 aliphatic heterocycles. The predicted octanol–water partition coefficient (Wildman–Crippen LogP) is 3.41. The van der Waals surface area contributed by atoms with Gasteiger partial charge < -0.3 is 15.5 Å². The van der Waals surface area contributed by atoms with E-state index in [4.69, 9.17) is 4.99 Å². The first kappa shape index (κ1) is 18.3. The van der Waals surface area contributed by atoms with Crippen LogP contribution < -0.4 is 10.6 Å². The van der Waals surface area contributed by atoms with Crippen LogP contribution in [0.1, 0.15) is 38.3 Å². The number of guanidine groups is 1. The molecule has 5 heteroatoms. The van der Waals surface area contributed by atoms with E-state index in [1.807, 2.05) is 6.07 Å². The third-order valence-corrected chi connectivity index (χ3v) is 5.02. The summed E-state index contributed by atoms with van der Waals surface area (Å²) in [6.45, 7) is 8.41. The van der Waals surface area contributed by atoms with Gasteiger partial charge in [0.15, 0.2) is 5.96 Å². The fourth-order valence-electron chi connectivity index (χ4n) is 3.07. The van der Waals surface area contributed by atoms with Gasteiger partial charge in [-0.1, -0.05) is 34.1 Å². The maximum absolute atomic E-state index is 4.82. The quantitative estimate of drug-likeness (QED) is 0.607. The first-order valence-corrected chi connectivity index (χ1v) is 9.37. The zero-order valence-corrected chi connectivity index (χ0v) is 16.1. The molecule has 2 unspecified atom stereocenters. The number of likely N-dealkylation sites (tertiary alicyclic amines) is 1. The van der Waals surface area contributed by atoms with E-state index in [1.165, 1.54) is 24.9 Å². The van der Waals surface area contributed by atoms with Gasteiger partial charge in [-0.25, -0.2) is 0 Å². The van der Waals surface area contributed by atoms with Crippen molar-refractivity contribution in [2.24, 2.45) is 10.9 Å². The zero-order chi connectivity index (χ0) is 16.7. The molecule has 0 saturated carbocycles. The molecule has 0 aromatic heterocycles. The predicted molar refractivity (Wildman–Crippen MR) is 102 cm³/mol. The molecule has 1 fully saturated rings. The molecule has 0 aliphatic carbocycles. The molecular weight excluding hydrogens is 352 g/mol. The van der Waals surface area contributed by atoms with Crippen LogP contribution in [0, 0.1) is 5.92 Å². The topological polar surface area (TPSA) is 39.7 Å². The molecule has 1 aromatic carbocycles. The van der Waals surface area contributed by atoms with Crippen LogP contribution in [-0.4, -0.2) is 44.1 Å². The molecule has 0 amide bonds. The fourth-order valence-corrected chi connectivity index (χ4v) is 3.70. The van der Waals surface area contributed by atoms with Gasteiger partial charge in [0.1, 0.15) is 0 Å². The normalized spacial score (nSPS) is 21.0. The molecule has 0 radical (unpaired) electrons. The van der Waals surface area contributed by atoms with Crippen LogP contribution in [0.25, 0.3) is 0 Å². The molecule has 128 valence electrons. The smallest absolute Gasteiger partial charge is 0.191 e. The van der Waals surface area contributed by atoms with E-state index in [0.717, 1.165) is 30.1 Å². The summed E-state index contributed by atoms with van der Waals surface area (Å²) in [5, 5.41) is 6.88. The van der Waals surface area contributed by atoms with E-state index in [-0.39, 0.29) is 6.04 Å². The van der Waals surface area contributed by atoms with Crippen molar-refractivity contribution in [3.05, 3.63) is 34.3 Å². The second kappa shape index (κ2) is 9.28. The van der Waals surface area contributed by atoms with Crippen molar-refractivity contribution in [2.75, 3.05) is 33.2 Å². The Morgan fingerprint density at radius 2 is 2.22 bits per heavy atom. The second-order valence-corrected chi connectivity index (χ2v) is 7.23. The average Bonchev–Trinajstić information content (AvgIpc) is 2.53. The van der Waals surface area contributed by atoms with Gasteiger partial charge in [0, 0.05) is 24.1 Å². The summed E-state index contributed by atoms with van der Waals surface area (Å²) in [7, 11) is 2.20. The number of benzene rings is 1. The lowest BCUT2D eigenvalue weighted by molar-refractivity contribution is 0.214. The number of halogens is 1. The van der Waals surface area contributed by atoms with Gasteiger partial charge >= 0.3 is 0 Å². The van der Waals surface area contributed by atoms with Crippen molar-refractivity contribution in [3.8, 4) is 0 Å². The fraction of sp³-hybridized carbons (Fsp3) is 0.611. The van der Waals surface area contributed by atoms with Gasteiger partial charge in [0.25, 0.3) is 0 Å². The highest BCUT2D eigenvalue weighted by molar-refractivity contribution is 9.10. The van der Waals surface area contributed by atoms with Gasteiger partial charge in [-0.15, -0.1) is 0 Å². The van der Waals surface area contributed by atoms with Crippen molar-refractivity contribution in [1.82, 2.24) is 15.5 Å². The summed E-state index contributed by atoms with van der Waals surface area (Å²) < 4.78 is 1.13. The number of piperidine rings is 1. The SMILES string of the molecule is CCNC(=NCC1CCCN(C)C1)NC(C)c1ccccc1Br. The van der Waals surface area contributed by atoms with E-state index >= 15 is 0 Å². The van der Waals surface area contributed by atoms with Crippen LogP contribution >= 0.6 is 15.9 Å². The minimum absolute atomic E-state index is 0.206. The number of aliphatic imine (C=N–C) groups is 1. The van der Waals surface area contributed by atoms with Crippen LogP contribution in [0.2, 0.25) is 0 Å². The molecule has 0 bridgehead atoms.